The maximum atomic E-state index is 13.6. The zero-order valence-corrected chi connectivity index (χ0v) is 14.2. The van der Waals surface area contributed by atoms with Crippen LogP contribution in [0.2, 0.25) is 0 Å². The van der Waals surface area contributed by atoms with E-state index in [9.17, 15) is 13.6 Å². The summed E-state index contributed by atoms with van der Waals surface area (Å²) in [7, 11) is 0. The quantitative estimate of drug-likeness (QED) is 0.730. The minimum atomic E-state index is -0.861. The Bertz CT molecular complexity index is 938. The Hall–Kier alpha value is -3.35. The normalized spacial score (nSPS) is 10.5. The number of amides is 1. The van der Waals surface area contributed by atoms with E-state index in [1.807, 2.05) is 32.0 Å². The molecule has 1 heterocycles. The van der Waals surface area contributed by atoms with Crippen molar-refractivity contribution in [3.63, 3.8) is 0 Å². The van der Waals surface area contributed by atoms with Crippen molar-refractivity contribution < 1.29 is 13.6 Å². The van der Waals surface area contributed by atoms with Crippen LogP contribution >= 0.6 is 0 Å². The fourth-order valence-electron chi connectivity index (χ4n) is 2.43. The monoisotopic (exact) mass is 354 g/mol. The number of aromatic nitrogens is 2. The van der Waals surface area contributed by atoms with Gasteiger partial charge in [-0.2, -0.15) is 0 Å². The minimum Gasteiger partial charge on any atom is -0.339 e. The van der Waals surface area contributed by atoms with E-state index in [1.165, 1.54) is 12.4 Å². The molecule has 1 amide bonds. The van der Waals surface area contributed by atoms with Gasteiger partial charge in [0, 0.05) is 11.8 Å². The molecule has 1 aromatic heterocycles. The van der Waals surface area contributed by atoms with Crippen molar-refractivity contribution in [2.45, 2.75) is 13.8 Å². The summed E-state index contributed by atoms with van der Waals surface area (Å²) < 4.78 is 26.5. The Morgan fingerprint density at radius 3 is 2.35 bits per heavy atom. The first-order chi connectivity index (χ1) is 12.4. The number of halogens is 2. The van der Waals surface area contributed by atoms with E-state index in [4.69, 9.17) is 0 Å². The summed E-state index contributed by atoms with van der Waals surface area (Å²) in [6.45, 7) is 3.95. The average Bonchev–Trinajstić information content (AvgIpc) is 2.61. The molecule has 26 heavy (non-hydrogen) atoms. The summed E-state index contributed by atoms with van der Waals surface area (Å²) in [5.74, 6) is -1.74. The van der Waals surface area contributed by atoms with Crippen LogP contribution in [0.1, 0.15) is 21.6 Å². The highest BCUT2D eigenvalue weighted by Gasteiger charge is 2.12. The number of aryl methyl sites for hydroxylation is 2. The third kappa shape index (κ3) is 3.83. The molecule has 0 unspecified atom stereocenters. The molecule has 0 fully saturated rings. The molecule has 0 saturated heterocycles. The number of carbonyl (C=O) groups is 1. The highest BCUT2D eigenvalue weighted by molar-refractivity contribution is 6.02. The zero-order valence-electron chi connectivity index (χ0n) is 14.2. The predicted octanol–water partition coefficient (Wildman–Crippen LogP) is 4.37. The standard InChI is InChI=1S/C19H16F2N4O/c1-11-4-3-5-12(2)18(11)25-17-10-22-16(9-23-17)19(26)24-15-7-6-13(20)8-14(15)21/h3-10H,1-2H3,(H,23,25)(H,24,26). The fraction of sp³-hybridized carbons (Fsp3) is 0.105. The Kier molecular flexibility index (Phi) is 4.88. The third-order valence-electron chi connectivity index (χ3n) is 3.80. The van der Waals surface area contributed by atoms with Gasteiger partial charge in [-0.15, -0.1) is 0 Å². The van der Waals surface area contributed by atoms with Crippen LogP contribution in [0.25, 0.3) is 0 Å². The van der Waals surface area contributed by atoms with Crippen molar-refractivity contribution in [2.75, 3.05) is 10.6 Å². The Morgan fingerprint density at radius 1 is 1.00 bits per heavy atom. The fourth-order valence-corrected chi connectivity index (χ4v) is 2.43. The maximum Gasteiger partial charge on any atom is 0.275 e. The number of hydrogen-bond acceptors (Lipinski definition) is 4. The Morgan fingerprint density at radius 2 is 1.73 bits per heavy atom. The molecule has 132 valence electrons. The predicted molar refractivity (Wildman–Crippen MR) is 95.5 cm³/mol. The first-order valence-corrected chi connectivity index (χ1v) is 7.86. The first kappa shape index (κ1) is 17.5. The lowest BCUT2D eigenvalue weighted by molar-refractivity contribution is 0.102. The van der Waals surface area contributed by atoms with Crippen LogP contribution < -0.4 is 10.6 Å². The molecule has 0 aliphatic heterocycles. The van der Waals surface area contributed by atoms with Crippen LogP contribution in [-0.2, 0) is 0 Å². The van der Waals surface area contributed by atoms with E-state index in [1.54, 1.807) is 0 Å². The smallest absolute Gasteiger partial charge is 0.275 e. The summed E-state index contributed by atoms with van der Waals surface area (Å²) in [6, 6.07) is 8.81. The molecule has 3 aromatic rings. The van der Waals surface area contributed by atoms with Gasteiger partial charge < -0.3 is 10.6 Å². The molecule has 0 radical (unpaired) electrons. The number of para-hydroxylation sites is 1. The molecule has 0 aliphatic carbocycles. The van der Waals surface area contributed by atoms with E-state index >= 15 is 0 Å². The van der Waals surface area contributed by atoms with Gasteiger partial charge in [-0.25, -0.2) is 18.7 Å². The van der Waals surface area contributed by atoms with E-state index in [0.717, 1.165) is 28.9 Å². The molecule has 0 saturated carbocycles. The van der Waals surface area contributed by atoms with Crippen molar-refractivity contribution >= 4 is 23.1 Å². The second-order valence-corrected chi connectivity index (χ2v) is 5.76. The third-order valence-corrected chi connectivity index (χ3v) is 3.80. The van der Waals surface area contributed by atoms with Gasteiger partial charge in [-0.05, 0) is 37.1 Å². The van der Waals surface area contributed by atoms with Crippen LogP contribution in [0.15, 0.2) is 48.8 Å². The summed E-state index contributed by atoms with van der Waals surface area (Å²) >= 11 is 0. The van der Waals surface area contributed by atoms with E-state index < -0.39 is 17.5 Å². The highest BCUT2D eigenvalue weighted by atomic mass is 19.1. The number of nitrogens with zero attached hydrogens (tertiary/aromatic N) is 2. The number of benzene rings is 2. The van der Waals surface area contributed by atoms with Crippen molar-refractivity contribution in [1.82, 2.24) is 9.97 Å². The van der Waals surface area contributed by atoms with Gasteiger partial charge in [0.05, 0.1) is 18.1 Å². The van der Waals surface area contributed by atoms with Crippen LogP contribution in [0.5, 0.6) is 0 Å². The van der Waals surface area contributed by atoms with Crippen molar-refractivity contribution in [2.24, 2.45) is 0 Å². The van der Waals surface area contributed by atoms with Gasteiger partial charge in [-0.1, -0.05) is 18.2 Å². The number of rotatable bonds is 4. The van der Waals surface area contributed by atoms with Crippen molar-refractivity contribution in [3.05, 3.63) is 77.2 Å². The lowest BCUT2D eigenvalue weighted by atomic mass is 10.1. The molecule has 0 atom stereocenters. The van der Waals surface area contributed by atoms with Crippen molar-refractivity contribution in [3.8, 4) is 0 Å². The number of hydrogen-bond donors (Lipinski definition) is 2. The molecule has 7 heteroatoms. The molecule has 0 bridgehead atoms. The van der Waals surface area contributed by atoms with Crippen molar-refractivity contribution in [1.29, 1.82) is 0 Å². The van der Waals surface area contributed by atoms with Gasteiger partial charge >= 0.3 is 0 Å². The van der Waals surface area contributed by atoms with E-state index in [-0.39, 0.29) is 11.4 Å². The Balaban J connectivity index is 1.74. The summed E-state index contributed by atoms with van der Waals surface area (Å²) in [5, 5.41) is 5.50. The number of anilines is 3. The maximum absolute atomic E-state index is 13.6. The molecule has 3 rings (SSSR count). The average molecular weight is 354 g/mol. The summed E-state index contributed by atoms with van der Waals surface area (Å²) in [4.78, 5) is 20.3. The summed E-state index contributed by atoms with van der Waals surface area (Å²) in [6.07, 6.45) is 2.70. The second kappa shape index (κ2) is 7.26. The SMILES string of the molecule is Cc1cccc(C)c1Nc1cnc(C(=O)Nc2ccc(F)cc2F)cn1. The van der Waals surface area contributed by atoms with Crippen LogP contribution in [-0.4, -0.2) is 15.9 Å². The van der Waals surface area contributed by atoms with Crippen LogP contribution in [0.3, 0.4) is 0 Å². The van der Waals surface area contributed by atoms with Gasteiger partial charge in [0.15, 0.2) is 0 Å². The van der Waals surface area contributed by atoms with Gasteiger partial charge in [-0.3, -0.25) is 4.79 Å². The van der Waals surface area contributed by atoms with Gasteiger partial charge in [0.2, 0.25) is 0 Å². The van der Waals surface area contributed by atoms with Crippen LogP contribution in [0, 0.1) is 25.5 Å². The highest BCUT2D eigenvalue weighted by Crippen LogP contribution is 2.23. The van der Waals surface area contributed by atoms with Gasteiger partial charge in [0.25, 0.3) is 5.91 Å². The topological polar surface area (TPSA) is 66.9 Å². The molecule has 0 aliphatic rings. The largest absolute Gasteiger partial charge is 0.339 e. The second-order valence-electron chi connectivity index (χ2n) is 5.76. The number of nitrogens with one attached hydrogen (secondary N) is 2. The zero-order chi connectivity index (χ0) is 18.7. The lowest BCUT2D eigenvalue weighted by Crippen LogP contribution is -2.15. The molecular weight excluding hydrogens is 338 g/mol. The van der Waals surface area contributed by atoms with E-state index in [2.05, 4.69) is 20.6 Å². The molecule has 2 aromatic carbocycles. The van der Waals surface area contributed by atoms with Crippen LogP contribution in [0.4, 0.5) is 26.0 Å². The lowest BCUT2D eigenvalue weighted by Gasteiger charge is -2.12. The van der Waals surface area contributed by atoms with Gasteiger partial charge in [0.1, 0.15) is 23.1 Å². The van der Waals surface area contributed by atoms with E-state index in [0.29, 0.717) is 11.9 Å². The molecule has 2 N–H and O–H groups in total. The molecule has 5 nitrogen and oxygen atoms in total. The summed E-state index contributed by atoms with van der Waals surface area (Å²) in [5.41, 5.74) is 2.92. The first-order valence-electron chi connectivity index (χ1n) is 7.86. The minimum absolute atomic E-state index is 0.0146. The Labute approximate surface area is 149 Å². The molecule has 0 spiro atoms. The number of carbonyl (C=O) groups excluding carboxylic acids is 1. The molecular formula is C19H16F2N4O.